The fourth-order valence-corrected chi connectivity index (χ4v) is 2.46. The molecule has 25 heavy (non-hydrogen) atoms. The van der Waals surface area contributed by atoms with Crippen LogP contribution >= 0.6 is 0 Å². The molecule has 7 heteroatoms. The van der Waals surface area contributed by atoms with Crippen LogP contribution in [0.2, 0.25) is 0 Å². The van der Waals surface area contributed by atoms with Crippen LogP contribution in [0.3, 0.4) is 0 Å². The summed E-state index contributed by atoms with van der Waals surface area (Å²) in [6.45, 7) is 2.01. The van der Waals surface area contributed by atoms with Gasteiger partial charge in [0.1, 0.15) is 11.6 Å². The molecule has 0 aliphatic rings. The van der Waals surface area contributed by atoms with Crippen LogP contribution in [0.25, 0.3) is 22.6 Å². The summed E-state index contributed by atoms with van der Waals surface area (Å²) in [6.07, 6.45) is 1.41. The summed E-state index contributed by atoms with van der Waals surface area (Å²) in [7, 11) is 0. The van der Waals surface area contributed by atoms with Crippen LogP contribution in [0.5, 0.6) is 11.6 Å². The standard InChI is InChI=1S/C18H14FN5O.3H2/c1-10-2-7-13-14(8-10)23-18(22-13)16-17(20)21-9-15(24-16)25-12-5-3-11(19)4-6-12;;;/h2-9H,1H3,(H2,20,21)(H,22,23);3*1H. The van der Waals surface area contributed by atoms with Crippen LogP contribution in [0.1, 0.15) is 9.84 Å². The summed E-state index contributed by atoms with van der Waals surface area (Å²) in [5.74, 6) is 1.10. The van der Waals surface area contributed by atoms with Gasteiger partial charge in [-0.2, -0.15) is 0 Å². The Morgan fingerprint density at radius 1 is 1.12 bits per heavy atom. The molecule has 130 valence electrons. The predicted molar refractivity (Wildman–Crippen MR) is 99.1 cm³/mol. The van der Waals surface area contributed by atoms with Gasteiger partial charge >= 0.3 is 0 Å². The van der Waals surface area contributed by atoms with Gasteiger partial charge in [-0.15, -0.1) is 0 Å². The molecule has 2 aromatic heterocycles. The van der Waals surface area contributed by atoms with Crippen molar-refractivity contribution in [3.63, 3.8) is 0 Å². The average Bonchev–Trinajstić information content (AvgIpc) is 3.01. The maximum Gasteiger partial charge on any atom is 0.238 e. The molecule has 0 fully saturated rings. The van der Waals surface area contributed by atoms with Gasteiger partial charge in [-0.25, -0.2) is 19.3 Å². The second-order valence-electron chi connectivity index (χ2n) is 5.60. The Bertz CT molecular complexity index is 1070. The molecule has 0 spiro atoms. The minimum Gasteiger partial charge on any atom is -0.437 e. The number of nitrogens with zero attached hydrogens (tertiary/aromatic N) is 3. The lowest BCUT2D eigenvalue weighted by Crippen LogP contribution is -2.00. The molecule has 6 nitrogen and oxygen atoms in total. The largest absolute Gasteiger partial charge is 0.437 e. The fourth-order valence-electron chi connectivity index (χ4n) is 2.46. The molecule has 0 amide bonds. The molecular formula is C18H20FN5O. The number of aromatic nitrogens is 4. The third kappa shape index (κ3) is 2.99. The van der Waals surface area contributed by atoms with E-state index < -0.39 is 0 Å². The quantitative estimate of drug-likeness (QED) is 0.569. The minimum atomic E-state index is -0.339. The van der Waals surface area contributed by atoms with E-state index >= 15 is 0 Å². The molecule has 2 heterocycles. The van der Waals surface area contributed by atoms with Gasteiger partial charge in [0.15, 0.2) is 17.3 Å². The Balaban J connectivity index is 0.00000131. The number of aryl methyl sites for hydroxylation is 1. The van der Waals surface area contributed by atoms with Gasteiger partial charge in [0.25, 0.3) is 0 Å². The molecule has 4 rings (SSSR count). The first-order chi connectivity index (χ1) is 12.1. The maximum absolute atomic E-state index is 13.0. The van der Waals surface area contributed by atoms with E-state index in [1.54, 1.807) is 0 Å². The van der Waals surface area contributed by atoms with Crippen LogP contribution < -0.4 is 10.5 Å². The Hall–Kier alpha value is -3.48. The smallest absolute Gasteiger partial charge is 0.238 e. The van der Waals surface area contributed by atoms with Crippen LogP contribution in [0, 0.1) is 12.7 Å². The first-order valence-corrected chi connectivity index (χ1v) is 7.61. The van der Waals surface area contributed by atoms with E-state index in [-0.39, 0.29) is 21.8 Å². The summed E-state index contributed by atoms with van der Waals surface area (Å²) >= 11 is 0. The molecule has 0 unspecified atom stereocenters. The zero-order chi connectivity index (χ0) is 17.4. The molecule has 0 bridgehead atoms. The molecule has 2 aromatic carbocycles. The van der Waals surface area contributed by atoms with Crippen molar-refractivity contribution in [2.24, 2.45) is 0 Å². The van der Waals surface area contributed by atoms with Crippen molar-refractivity contribution >= 4 is 16.9 Å². The first kappa shape index (κ1) is 15.1. The zero-order valence-corrected chi connectivity index (χ0v) is 13.3. The Kier molecular flexibility index (Phi) is 3.53. The number of aromatic amines is 1. The van der Waals surface area contributed by atoms with E-state index in [2.05, 4.69) is 19.9 Å². The summed E-state index contributed by atoms with van der Waals surface area (Å²) in [6, 6.07) is 11.5. The van der Waals surface area contributed by atoms with E-state index in [1.165, 1.54) is 30.5 Å². The number of fused-ring (bicyclic) bond motifs is 1. The molecule has 0 radical (unpaired) electrons. The maximum atomic E-state index is 13.0. The average molecular weight is 341 g/mol. The number of anilines is 1. The van der Waals surface area contributed by atoms with Gasteiger partial charge in [-0.3, -0.25) is 0 Å². The Morgan fingerprint density at radius 3 is 2.72 bits per heavy atom. The highest BCUT2D eigenvalue weighted by molar-refractivity contribution is 5.81. The summed E-state index contributed by atoms with van der Waals surface area (Å²) in [5.41, 5.74) is 9.17. The number of nitrogen functional groups attached to an aromatic ring is 1. The van der Waals surface area contributed by atoms with Gasteiger partial charge in [-0.1, -0.05) is 6.07 Å². The highest BCUT2D eigenvalue weighted by Crippen LogP contribution is 2.27. The van der Waals surface area contributed by atoms with Crippen LogP contribution in [0.4, 0.5) is 10.2 Å². The lowest BCUT2D eigenvalue weighted by molar-refractivity contribution is 0.459. The van der Waals surface area contributed by atoms with Crippen molar-refractivity contribution in [1.82, 2.24) is 19.9 Å². The molecule has 4 aromatic rings. The number of imidazole rings is 1. The van der Waals surface area contributed by atoms with Crippen LogP contribution in [-0.2, 0) is 0 Å². The lowest BCUT2D eigenvalue weighted by Gasteiger charge is -2.06. The van der Waals surface area contributed by atoms with Crippen molar-refractivity contribution in [2.75, 3.05) is 5.73 Å². The molecule has 0 atom stereocenters. The van der Waals surface area contributed by atoms with Gasteiger partial charge in [0.2, 0.25) is 5.88 Å². The van der Waals surface area contributed by atoms with Crippen LogP contribution in [-0.4, -0.2) is 19.9 Å². The van der Waals surface area contributed by atoms with Crippen molar-refractivity contribution in [3.05, 3.63) is 60.0 Å². The van der Waals surface area contributed by atoms with Gasteiger partial charge < -0.3 is 15.5 Å². The molecule has 0 saturated heterocycles. The van der Waals surface area contributed by atoms with Gasteiger partial charge in [-0.05, 0) is 48.9 Å². The second kappa shape index (κ2) is 5.86. The fraction of sp³-hybridized carbons (Fsp3) is 0.0556. The number of hydrogen-bond donors (Lipinski definition) is 2. The SMILES string of the molecule is Cc1ccc2nc(-c3nc(Oc4ccc(F)cc4)cnc3N)[nH]c2c1.[HH].[HH].[HH]. The van der Waals surface area contributed by atoms with Gasteiger partial charge in [0, 0.05) is 4.28 Å². The van der Waals surface area contributed by atoms with Crippen LogP contribution in [0.15, 0.2) is 48.7 Å². The van der Waals surface area contributed by atoms with Gasteiger partial charge in [0.05, 0.1) is 17.2 Å². The number of halogens is 1. The molecule has 0 aliphatic heterocycles. The Labute approximate surface area is 147 Å². The minimum absolute atomic E-state index is 0. The number of hydrogen-bond acceptors (Lipinski definition) is 5. The normalized spacial score (nSPS) is 11.0. The summed E-state index contributed by atoms with van der Waals surface area (Å²) in [4.78, 5) is 16.2. The Morgan fingerprint density at radius 2 is 1.92 bits per heavy atom. The molecule has 0 saturated carbocycles. The van der Waals surface area contributed by atoms with E-state index in [0.717, 1.165) is 16.6 Å². The number of nitrogens with one attached hydrogen (secondary N) is 1. The zero-order valence-electron chi connectivity index (χ0n) is 13.3. The van der Waals surface area contributed by atoms with Crippen molar-refractivity contribution in [1.29, 1.82) is 0 Å². The molecular weight excluding hydrogens is 321 g/mol. The monoisotopic (exact) mass is 341 g/mol. The van der Waals surface area contributed by atoms with E-state index in [9.17, 15) is 4.39 Å². The number of benzene rings is 2. The number of H-pyrrole nitrogens is 1. The highest BCUT2D eigenvalue weighted by atomic mass is 19.1. The van der Waals surface area contributed by atoms with E-state index in [1.807, 2.05) is 25.1 Å². The summed E-state index contributed by atoms with van der Waals surface area (Å²) in [5, 5.41) is 0. The van der Waals surface area contributed by atoms with Crippen molar-refractivity contribution in [3.8, 4) is 23.1 Å². The van der Waals surface area contributed by atoms with Crippen molar-refractivity contribution < 1.29 is 13.4 Å². The summed E-state index contributed by atoms with van der Waals surface area (Å²) < 4.78 is 18.6. The lowest BCUT2D eigenvalue weighted by atomic mass is 10.2. The predicted octanol–water partition coefficient (Wildman–Crippen LogP) is 4.58. The van der Waals surface area contributed by atoms with Crippen molar-refractivity contribution in [2.45, 2.75) is 6.92 Å². The topological polar surface area (TPSA) is 89.7 Å². The molecule has 0 aliphatic carbocycles. The van der Waals surface area contributed by atoms with E-state index in [0.29, 0.717) is 17.3 Å². The highest BCUT2D eigenvalue weighted by Gasteiger charge is 2.13. The third-order valence-electron chi connectivity index (χ3n) is 3.68. The molecule has 3 N–H and O–H groups in total. The number of nitrogens with two attached hydrogens (primary N) is 1. The first-order valence-electron chi connectivity index (χ1n) is 7.61. The number of ether oxygens (including phenoxy) is 1. The third-order valence-corrected chi connectivity index (χ3v) is 3.68. The number of rotatable bonds is 3. The van der Waals surface area contributed by atoms with E-state index in [4.69, 9.17) is 10.5 Å². The second-order valence-corrected chi connectivity index (χ2v) is 5.60.